The van der Waals surface area contributed by atoms with E-state index >= 15 is 0 Å². The van der Waals surface area contributed by atoms with E-state index in [1.807, 2.05) is 11.8 Å². The molecule has 1 aliphatic rings. The Kier molecular flexibility index (Phi) is 7.24. The van der Waals surface area contributed by atoms with E-state index in [4.69, 9.17) is 0 Å². The lowest BCUT2D eigenvalue weighted by Gasteiger charge is -2.04. The first-order chi connectivity index (χ1) is 6.93. The minimum absolute atomic E-state index is 1.18. The lowest BCUT2D eigenvalue weighted by atomic mass is 10.2. The molecule has 0 bridgehead atoms. The van der Waals surface area contributed by atoms with E-state index in [2.05, 4.69) is 18.3 Å². The predicted molar refractivity (Wildman–Crippen MR) is 67.0 cm³/mol. The highest BCUT2D eigenvalue weighted by molar-refractivity contribution is 7.99. The van der Waals surface area contributed by atoms with Crippen molar-refractivity contribution < 1.29 is 0 Å². The van der Waals surface area contributed by atoms with Gasteiger partial charge in [0.15, 0.2) is 0 Å². The summed E-state index contributed by atoms with van der Waals surface area (Å²) in [4.78, 5) is 0. The van der Waals surface area contributed by atoms with Crippen LogP contribution in [0.3, 0.4) is 0 Å². The summed E-state index contributed by atoms with van der Waals surface area (Å²) < 4.78 is 0. The lowest BCUT2D eigenvalue weighted by Crippen LogP contribution is -2.17. The second-order valence-corrected chi connectivity index (χ2v) is 5.20. The van der Waals surface area contributed by atoms with Crippen LogP contribution in [0.15, 0.2) is 11.6 Å². The van der Waals surface area contributed by atoms with Gasteiger partial charge in [-0.3, -0.25) is 0 Å². The highest BCUT2D eigenvalue weighted by Crippen LogP contribution is 2.19. The molecule has 0 spiro atoms. The molecule has 14 heavy (non-hydrogen) atoms. The number of allylic oxidation sites excluding steroid dienone is 1. The van der Waals surface area contributed by atoms with E-state index in [-0.39, 0.29) is 0 Å². The van der Waals surface area contributed by atoms with E-state index in [1.54, 1.807) is 5.57 Å². The van der Waals surface area contributed by atoms with Gasteiger partial charge in [-0.1, -0.05) is 18.6 Å². The van der Waals surface area contributed by atoms with Crippen LogP contribution in [0.5, 0.6) is 0 Å². The van der Waals surface area contributed by atoms with Crippen molar-refractivity contribution in [1.82, 2.24) is 5.32 Å². The zero-order valence-corrected chi connectivity index (χ0v) is 10.2. The SMILES string of the molecule is CCSCCCNCCC1=CCCC1. The molecule has 0 atom stereocenters. The van der Waals surface area contributed by atoms with Crippen LogP contribution >= 0.6 is 11.8 Å². The van der Waals surface area contributed by atoms with Gasteiger partial charge in [0.25, 0.3) is 0 Å². The minimum Gasteiger partial charge on any atom is -0.316 e. The molecule has 0 saturated carbocycles. The Morgan fingerprint density at radius 1 is 1.43 bits per heavy atom. The molecule has 0 aromatic heterocycles. The van der Waals surface area contributed by atoms with Gasteiger partial charge in [0, 0.05) is 0 Å². The second kappa shape index (κ2) is 8.37. The maximum Gasteiger partial charge on any atom is -0.00116 e. The summed E-state index contributed by atoms with van der Waals surface area (Å²) in [5.74, 6) is 2.57. The Morgan fingerprint density at radius 3 is 3.07 bits per heavy atom. The Balaban J connectivity index is 1.80. The number of rotatable bonds is 8. The van der Waals surface area contributed by atoms with Crippen LogP contribution in [0, 0.1) is 0 Å². The summed E-state index contributed by atoms with van der Waals surface area (Å²) in [5.41, 5.74) is 1.68. The van der Waals surface area contributed by atoms with Crippen LogP contribution in [-0.4, -0.2) is 24.6 Å². The molecule has 0 radical (unpaired) electrons. The molecule has 1 nitrogen and oxygen atoms in total. The van der Waals surface area contributed by atoms with E-state index < -0.39 is 0 Å². The second-order valence-electron chi connectivity index (χ2n) is 3.81. The molecular weight excluding hydrogens is 190 g/mol. The molecule has 0 aromatic carbocycles. The quantitative estimate of drug-likeness (QED) is 0.491. The molecule has 0 saturated heterocycles. The minimum atomic E-state index is 1.18. The maximum atomic E-state index is 3.52. The topological polar surface area (TPSA) is 12.0 Å². The third kappa shape index (κ3) is 5.71. The van der Waals surface area contributed by atoms with E-state index in [1.165, 1.54) is 56.7 Å². The Morgan fingerprint density at radius 2 is 2.36 bits per heavy atom. The fourth-order valence-corrected chi connectivity index (χ4v) is 2.42. The normalized spacial score (nSPS) is 15.9. The van der Waals surface area contributed by atoms with E-state index in [0.29, 0.717) is 0 Å². The number of hydrogen-bond acceptors (Lipinski definition) is 2. The first-order valence-electron chi connectivity index (χ1n) is 5.90. The number of nitrogens with one attached hydrogen (secondary N) is 1. The third-order valence-corrected chi connectivity index (χ3v) is 3.59. The van der Waals surface area contributed by atoms with Gasteiger partial charge in [0.1, 0.15) is 0 Å². The monoisotopic (exact) mass is 213 g/mol. The van der Waals surface area contributed by atoms with Crippen molar-refractivity contribution in [3.63, 3.8) is 0 Å². The summed E-state index contributed by atoms with van der Waals surface area (Å²) in [5, 5.41) is 3.52. The molecule has 0 unspecified atom stereocenters. The summed E-state index contributed by atoms with van der Waals surface area (Å²) in [6.45, 7) is 4.60. The molecule has 2 heteroatoms. The maximum absolute atomic E-state index is 3.52. The molecule has 1 rings (SSSR count). The fraction of sp³-hybridized carbons (Fsp3) is 0.833. The van der Waals surface area contributed by atoms with Gasteiger partial charge in [-0.15, -0.1) is 0 Å². The predicted octanol–water partition coefficient (Wildman–Crippen LogP) is 3.22. The number of thioether (sulfide) groups is 1. The highest BCUT2D eigenvalue weighted by atomic mass is 32.2. The summed E-state index contributed by atoms with van der Waals surface area (Å²) in [6, 6.07) is 0. The van der Waals surface area contributed by atoms with Crippen molar-refractivity contribution in [2.45, 2.75) is 39.0 Å². The van der Waals surface area contributed by atoms with Crippen molar-refractivity contribution in [2.75, 3.05) is 24.6 Å². The zero-order chi connectivity index (χ0) is 10.1. The van der Waals surface area contributed by atoms with Gasteiger partial charge in [0.05, 0.1) is 0 Å². The summed E-state index contributed by atoms with van der Waals surface area (Å²) in [7, 11) is 0. The fourth-order valence-electron chi connectivity index (χ4n) is 1.78. The molecule has 0 heterocycles. The van der Waals surface area contributed by atoms with Crippen molar-refractivity contribution in [1.29, 1.82) is 0 Å². The van der Waals surface area contributed by atoms with Crippen LogP contribution < -0.4 is 5.32 Å². The summed E-state index contributed by atoms with van der Waals surface area (Å²) in [6.07, 6.45) is 9.09. The Labute approximate surface area is 92.7 Å². The molecule has 0 aromatic rings. The van der Waals surface area contributed by atoms with Crippen molar-refractivity contribution >= 4 is 11.8 Å². The van der Waals surface area contributed by atoms with Crippen LogP contribution in [0.4, 0.5) is 0 Å². The molecule has 0 amide bonds. The third-order valence-electron chi connectivity index (χ3n) is 2.60. The molecule has 1 N–H and O–H groups in total. The Bertz CT molecular complexity index is 166. The van der Waals surface area contributed by atoms with Crippen molar-refractivity contribution in [2.24, 2.45) is 0 Å². The molecular formula is C12H23NS. The molecule has 0 fully saturated rings. The lowest BCUT2D eigenvalue weighted by molar-refractivity contribution is 0.665. The van der Waals surface area contributed by atoms with Gasteiger partial charge < -0.3 is 5.32 Å². The molecule has 82 valence electrons. The average molecular weight is 213 g/mol. The van der Waals surface area contributed by atoms with Crippen LogP contribution in [-0.2, 0) is 0 Å². The largest absolute Gasteiger partial charge is 0.316 e. The zero-order valence-electron chi connectivity index (χ0n) is 9.35. The smallest absolute Gasteiger partial charge is 0.00116 e. The standard InChI is InChI=1S/C12H23NS/c1-2-14-11-5-9-13-10-8-12-6-3-4-7-12/h6,13H,2-5,7-11H2,1H3. The van der Waals surface area contributed by atoms with Gasteiger partial charge >= 0.3 is 0 Å². The highest BCUT2D eigenvalue weighted by Gasteiger charge is 2.02. The van der Waals surface area contributed by atoms with Gasteiger partial charge in [-0.25, -0.2) is 0 Å². The van der Waals surface area contributed by atoms with Crippen molar-refractivity contribution in [3.8, 4) is 0 Å². The van der Waals surface area contributed by atoms with Crippen molar-refractivity contribution in [3.05, 3.63) is 11.6 Å². The average Bonchev–Trinajstić information content (AvgIpc) is 2.69. The summed E-state index contributed by atoms with van der Waals surface area (Å²) >= 11 is 2.04. The first kappa shape index (κ1) is 12.1. The van der Waals surface area contributed by atoms with Crippen LogP contribution in [0.25, 0.3) is 0 Å². The first-order valence-corrected chi connectivity index (χ1v) is 7.05. The van der Waals surface area contributed by atoms with Crippen LogP contribution in [0.2, 0.25) is 0 Å². The van der Waals surface area contributed by atoms with E-state index in [9.17, 15) is 0 Å². The van der Waals surface area contributed by atoms with Gasteiger partial charge in [0.2, 0.25) is 0 Å². The van der Waals surface area contributed by atoms with Gasteiger partial charge in [-0.2, -0.15) is 11.8 Å². The molecule has 0 aliphatic heterocycles. The molecule has 1 aliphatic carbocycles. The van der Waals surface area contributed by atoms with Gasteiger partial charge in [-0.05, 0) is 56.7 Å². The number of hydrogen-bond donors (Lipinski definition) is 1. The Hall–Kier alpha value is 0.0500. The van der Waals surface area contributed by atoms with Crippen LogP contribution in [0.1, 0.15) is 39.0 Å². The van der Waals surface area contributed by atoms with E-state index in [0.717, 1.165) is 0 Å².